The number of fused-ring (bicyclic) bond motifs is 1. The molecule has 1 aliphatic carbocycles. The number of hydrogen-bond acceptors (Lipinski definition) is 6. The fourth-order valence-electron chi connectivity index (χ4n) is 5.16. The van der Waals surface area contributed by atoms with Crippen LogP contribution in [0.1, 0.15) is 68.1 Å². The molecular weight excluding hydrogens is 499 g/mol. The number of ether oxygens (including phenoxy) is 1. The number of nitrogens with one attached hydrogen (secondary N) is 1. The van der Waals surface area contributed by atoms with Crippen molar-refractivity contribution in [2.75, 3.05) is 18.4 Å². The minimum atomic E-state index is -2.94. The summed E-state index contributed by atoms with van der Waals surface area (Å²) in [6.07, 6.45) is -0.650. The molecule has 2 aromatic heterocycles. The number of carbonyl (C=O) groups excluding carboxylic acids is 1. The van der Waals surface area contributed by atoms with Crippen LogP contribution in [0.25, 0.3) is 11.0 Å². The monoisotopic (exact) mass is 529 g/mol. The SMILES string of the molecule is CC(=O)N1CCC(OC2CC2)(c2cc3c(N[C@H](C)c4cccc(C(F)F)c4F)nc(C)nc3n(C)c2=O)C1. The average Bonchev–Trinajstić information content (AvgIpc) is 3.56. The van der Waals surface area contributed by atoms with E-state index >= 15 is 0 Å². The van der Waals surface area contributed by atoms with Crippen LogP contribution in [-0.2, 0) is 22.2 Å². The van der Waals surface area contributed by atoms with E-state index in [0.29, 0.717) is 41.2 Å². The lowest BCUT2D eigenvalue weighted by molar-refractivity contribution is -0.130. The zero-order valence-corrected chi connectivity index (χ0v) is 21.7. The van der Waals surface area contributed by atoms with Gasteiger partial charge in [-0.05, 0) is 32.8 Å². The molecule has 1 aliphatic heterocycles. The predicted octanol–water partition coefficient (Wildman–Crippen LogP) is 4.51. The molecule has 2 fully saturated rings. The van der Waals surface area contributed by atoms with E-state index < -0.39 is 29.4 Å². The standard InChI is InChI=1S/C27H30F3N5O3/c1-14(18-6-5-7-19(22(18)28)23(29)30)31-24-20-12-21(26(37)34(4)25(20)33-15(2)32-24)27(38-17-8-9-17)10-11-35(13-27)16(3)36/h5-7,12,14,17,23H,8-11,13H2,1-4H3,(H,31,32,33)/t14-,27?/m1/s1. The summed E-state index contributed by atoms with van der Waals surface area (Å²) in [5, 5.41) is 3.65. The molecule has 1 saturated heterocycles. The van der Waals surface area contributed by atoms with E-state index in [1.54, 1.807) is 31.9 Å². The summed E-state index contributed by atoms with van der Waals surface area (Å²) in [5.41, 5.74) is -1.08. The summed E-state index contributed by atoms with van der Waals surface area (Å²) in [7, 11) is 1.61. The molecule has 1 N–H and O–H groups in total. The zero-order chi connectivity index (χ0) is 27.4. The Morgan fingerprint density at radius 3 is 2.58 bits per heavy atom. The van der Waals surface area contributed by atoms with Gasteiger partial charge < -0.3 is 15.0 Å². The molecule has 202 valence electrons. The van der Waals surface area contributed by atoms with Crippen LogP contribution in [0.15, 0.2) is 29.1 Å². The zero-order valence-electron chi connectivity index (χ0n) is 21.7. The molecule has 3 heterocycles. The van der Waals surface area contributed by atoms with E-state index in [2.05, 4.69) is 15.3 Å². The Hall–Kier alpha value is -3.47. The summed E-state index contributed by atoms with van der Waals surface area (Å²) in [5.74, 6) is -0.351. The third-order valence-electron chi connectivity index (χ3n) is 7.38. The van der Waals surface area contributed by atoms with Gasteiger partial charge in [0.25, 0.3) is 12.0 Å². The normalized spacial score (nSPS) is 20.4. The molecule has 2 aliphatic rings. The minimum Gasteiger partial charge on any atom is -0.365 e. The Morgan fingerprint density at radius 1 is 1.24 bits per heavy atom. The number of pyridine rings is 1. The molecule has 2 atom stereocenters. The number of aromatic nitrogens is 3. The molecule has 38 heavy (non-hydrogen) atoms. The second-order valence-corrected chi connectivity index (χ2v) is 10.2. The number of anilines is 1. The van der Waals surface area contributed by atoms with Crippen molar-refractivity contribution in [3.05, 3.63) is 63.0 Å². The largest absolute Gasteiger partial charge is 0.365 e. The number of benzene rings is 1. The minimum absolute atomic E-state index is 0.0271. The first-order valence-corrected chi connectivity index (χ1v) is 12.7. The second kappa shape index (κ2) is 9.68. The van der Waals surface area contributed by atoms with E-state index in [0.717, 1.165) is 18.9 Å². The summed E-state index contributed by atoms with van der Waals surface area (Å²) in [4.78, 5) is 36.5. The van der Waals surface area contributed by atoms with E-state index in [1.165, 1.54) is 23.6 Å². The van der Waals surface area contributed by atoms with Gasteiger partial charge in [-0.3, -0.25) is 14.2 Å². The van der Waals surface area contributed by atoms with Gasteiger partial charge in [0.1, 0.15) is 28.7 Å². The molecule has 8 nitrogen and oxygen atoms in total. The Balaban J connectivity index is 1.62. The number of likely N-dealkylation sites (tertiary alicyclic amines) is 1. The van der Waals surface area contributed by atoms with Gasteiger partial charge in [-0.25, -0.2) is 23.1 Å². The van der Waals surface area contributed by atoms with Crippen molar-refractivity contribution in [1.29, 1.82) is 0 Å². The van der Waals surface area contributed by atoms with Crippen molar-refractivity contribution in [1.82, 2.24) is 19.4 Å². The molecule has 0 bridgehead atoms. The quantitative estimate of drug-likeness (QED) is 0.485. The van der Waals surface area contributed by atoms with Crippen LogP contribution in [0.3, 0.4) is 0 Å². The highest BCUT2D eigenvalue weighted by atomic mass is 19.3. The van der Waals surface area contributed by atoms with Crippen LogP contribution in [0, 0.1) is 12.7 Å². The summed E-state index contributed by atoms with van der Waals surface area (Å²) in [6.45, 7) is 5.55. The Morgan fingerprint density at radius 2 is 1.95 bits per heavy atom. The van der Waals surface area contributed by atoms with E-state index in [9.17, 15) is 22.8 Å². The van der Waals surface area contributed by atoms with Gasteiger partial charge in [0.15, 0.2) is 0 Å². The van der Waals surface area contributed by atoms with Gasteiger partial charge in [-0.2, -0.15) is 0 Å². The van der Waals surface area contributed by atoms with Gasteiger partial charge >= 0.3 is 0 Å². The first kappa shape index (κ1) is 26.1. The molecular formula is C27H30F3N5O3. The maximum atomic E-state index is 14.9. The molecule has 1 aromatic carbocycles. The predicted molar refractivity (Wildman–Crippen MR) is 136 cm³/mol. The van der Waals surface area contributed by atoms with Crippen LogP contribution in [0.2, 0.25) is 0 Å². The van der Waals surface area contributed by atoms with Crippen molar-refractivity contribution in [2.45, 2.75) is 64.2 Å². The number of alkyl halides is 2. The highest BCUT2D eigenvalue weighted by Crippen LogP contribution is 2.41. The first-order chi connectivity index (χ1) is 18.0. The lowest BCUT2D eigenvalue weighted by atomic mass is 9.92. The van der Waals surface area contributed by atoms with Crippen molar-refractivity contribution >= 4 is 22.8 Å². The maximum absolute atomic E-state index is 14.9. The molecule has 1 saturated carbocycles. The van der Waals surface area contributed by atoms with Crippen LogP contribution in [0.5, 0.6) is 0 Å². The third kappa shape index (κ3) is 4.63. The molecule has 0 radical (unpaired) electrons. The van der Waals surface area contributed by atoms with Crippen LogP contribution < -0.4 is 10.9 Å². The van der Waals surface area contributed by atoms with Crippen LogP contribution >= 0.6 is 0 Å². The summed E-state index contributed by atoms with van der Waals surface area (Å²) in [6, 6.07) is 4.88. The Bertz CT molecular complexity index is 1470. The molecule has 3 aromatic rings. The van der Waals surface area contributed by atoms with Gasteiger partial charge in [-0.15, -0.1) is 0 Å². The number of nitrogens with zero attached hydrogens (tertiary/aromatic N) is 4. The van der Waals surface area contributed by atoms with Crippen molar-refractivity contribution < 1.29 is 22.7 Å². The van der Waals surface area contributed by atoms with Gasteiger partial charge in [0, 0.05) is 32.5 Å². The topological polar surface area (TPSA) is 89.3 Å². The lowest BCUT2D eigenvalue weighted by Gasteiger charge is -2.30. The van der Waals surface area contributed by atoms with Crippen molar-refractivity contribution in [3.63, 3.8) is 0 Å². The average molecular weight is 530 g/mol. The number of carbonyl (C=O) groups is 1. The van der Waals surface area contributed by atoms with Gasteiger partial charge in [-0.1, -0.05) is 18.2 Å². The van der Waals surface area contributed by atoms with Gasteiger partial charge in [0.05, 0.1) is 35.2 Å². The summed E-state index contributed by atoms with van der Waals surface area (Å²) < 4.78 is 49.3. The highest BCUT2D eigenvalue weighted by molar-refractivity contribution is 5.87. The highest BCUT2D eigenvalue weighted by Gasteiger charge is 2.47. The lowest BCUT2D eigenvalue weighted by Crippen LogP contribution is -2.41. The summed E-state index contributed by atoms with van der Waals surface area (Å²) >= 11 is 0. The fraction of sp³-hybridized carbons (Fsp3) is 0.481. The molecule has 0 spiro atoms. The fourth-order valence-corrected chi connectivity index (χ4v) is 5.16. The number of aryl methyl sites for hydroxylation is 2. The van der Waals surface area contributed by atoms with Gasteiger partial charge in [0.2, 0.25) is 5.91 Å². The van der Waals surface area contributed by atoms with E-state index in [-0.39, 0.29) is 29.7 Å². The molecule has 1 unspecified atom stereocenters. The second-order valence-electron chi connectivity index (χ2n) is 10.2. The number of halogens is 3. The molecule has 11 heteroatoms. The first-order valence-electron chi connectivity index (χ1n) is 12.7. The molecule has 5 rings (SSSR count). The molecule has 1 amide bonds. The van der Waals surface area contributed by atoms with Crippen molar-refractivity contribution in [2.24, 2.45) is 7.05 Å². The van der Waals surface area contributed by atoms with Crippen molar-refractivity contribution in [3.8, 4) is 0 Å². The van der Waals surface area contributed by atoms with E-state index in [4.69, 9.17) is 4.74 Å². The number of hydrogen-bond donors (Lipinski definition) is 1. The van der Waals surface area contributed by atoms with E-state index in [1.807, 2.05) is 0 Å². The smallest absolute Gasteiger partial charge is 0.266 e. The van der Waals surface area contributed by atoms with Crippen LogP contribution in [0.4, 0.5) is 19.0 Å². The van der Waals surface area contributed by atoms with Crippen LogP contribution in [-0.4, -0.2) is 44.5 Å². The Labute approximate surface area is 217 Å². The number of rotatable bonds is 7. The third-order valence-corrected chi connectivity index (χ3v) is 7.38. The number of amides is 1. The Kier molecular flexibility index (Phi) is 6.66. The maximum Gasteiger partial charge on any atom is 0.266 e.